The second kappa shape index (κ2) is 4.20. The first-order chi connectivity index (χ1) is 5.43. The third-order valence-electron chi connectivity index (χ3n) is 1.10. The average Bonchev–Trinajstić information content (AvgIpc) is 1.85. The van der Waals surface area contributed by atoms with Crippen LogP contribution in [0.4, 0.5) is 0 Å². The molecule has 0 aromatic rings. The number of hydrogen-bond donors (Lipinski definition) is 0. The van der Waals surface area contributed by atoms with Crippen molar-refractivity contribution >= 4 is 22.1 Å². The zero-order chi connectivity index (χ0) is 9.78. The van der Waals surface area contributed by atoms with Crippen molar-refractivity contribution in [2.45, 2.75) is 12.2 Å². The highest BCUT2D eigenvalue weighted by Crippen LogP contribution is 1.98. The molecule has 5 nitrogen and oxygen atoms in total. The minimum atomic E-state index is -3.68. The van der Waals surface area contributed by atoms with Gasteiger partial charge in [-0.25, -0.2) is 8.42 Å². The van der Waals surface area contributed by atoms with Crippen LogP contribution in [0.1, 0.15) is 6.92 Å². The summed E-state index contributed by atoms with van der Waals surface area (Å²) in [6.45, 7) is 1.58. The van der Waals surface area contributed by atoms with Crippen LogP contribution in [0, 0.1) is 0 Å². The van der Waals surface area contributed by atoms with E-state index in [-0.39, 0.29) is 12.9 Å². The predicted octanol–water partition coefficient (Wildman–Crippen LogP) is -0.838. The maximum Gasteiger partial charge on any atom is 0.331 e. The molecule has 0 aliphatic carbocycles. The number of carbonyl (C=O) groups excluding carboxylic acids is 2. The molecule has 0 rings (SSSR count). The lowest BCUT2D eigenvalue weighted by Gasteiger charge is -2.05. The summed E-state index contributed by atoms with van der Waals surface area (Å²) >= 11 is 0. The molecule has 0 heterocycles. The number of carbonyl (C=O) groups is 2. The molecular weight excluding hydrogens is 184 g/mol. The Labute approximate surface area is 70.6 Å². The zero-order valence-electron chi connectivity index (χ0n) is 6.81. The van der Waals surface area contributed by atoms with Crippen molar-refractivity contribution < 1.29 is 22.7 Å². The first-order valence-electron chi connectivity index (χ1n) is 3.24. The van der Waals surface area contributed by atoms with Crippen molar-refractivity contribution in [3.63, 3.8) is 0 Å². The molecule has 70 valence electrons. The number of sulfone groups is 1. The van der Waals surface area contributed by atoms with Crippen LogP contribution < -0.4 is 0 Å². The van der Waals surface area contributed by atoms with Gasteiger partial charge in [0.05, 0.1) is 6.61 Å². The van der Waals surface area contributed by atoms with E-state index in [1.54, 1.807) is 0 Å². The molecular formula is C6H10O5S. The molecule has 0 radical (unpaired) electrons. The molecule has 1 atom stereocenters. The first kappa shape index (κ1) is 11.1. The largest absolute Gasteiger partial charge is 0.465 e. The van der Waals surface area contributed by atoms with Gasteiger partial charge in [-0.2, -0.15) is 0 Å². The van der Waals surface area contributed by atoms with Crippen LogP contribution in [0.3, 0.4) is 0 Å². The van der Waals surface area contributed by atoms with E-state index in [9.17, 15) is 18.0 Å². The van der Waals surface area contributed by atoms with Gasteiger partial charge in [-0.05, 0) is 6.92 Å². The molecule has 0 spiro atoms. The molecule has 0 aliphatic rings. The van der Waals surface area contributed by atoms with Crippen LogP contribution in [0.2, 0.25) is 0 Å². The van der Waals surface area contributed by atoms with Crippen LogP contribution in [-0.4, -0.2) is 38.8 Å². The molecule has 0 saturated carbocycles. The van der Waals surface area contributed by atoms with E-state index < -0.39 is 21.1 Å². The van der Waals surface area contributed by atoms with Crippen LogP contribution >= 0.6 is 0 Å². The topological polar surface area (TPSA) is 77.5 Å². The molecule has 0 aromatic heterocycles. The normalized spacial score (nSPS) is 13.5. The first-order valence-corrected chi connectivity index (χ1v) is 5.19. The van der Waals surface area contributed by atoms with Crippen LogP contribution in [0.15, 0.2) is 0 Å². The van der Waals surface area contributed by atoms with Gasteiger partial charge in [0.2, 0.25) is 5.25 Å². The molecule has 0 amide bonds. The number of ether oxygens (including phenoxy) is 1. The summed E-state index contributed by atoms with van der Waals surface area (Å²) in [6.07, 6.45) is 0.871. The Morgan fingerprint density at radius 1 is 1.58 bits per heavy atom. The summed E-state index contributed by atoms with van der Waals surface area (Å²) < 4.78 is 25.9. The molecule has 0 aromatic carbocycles. The van der Waals surface area contributed by atoms with E-state index in [1.165, 1.54) is 6.92 Å². The number of rotatable bonds is 4. The Kier molecular flexibility index (Phi) is 3.88. The summed E-state index contributed by atoms with van der Waals surface area (Å²) in [7, 11) is -3.68. The van der Waals surface area contributed by atoms with E-state index in [0.29, 0.717) is 0 Å². The Hall–Kier alpha value is -0.910. The SMILES string of the molecule is CCOC(=O)C(C=O)S(C)(=O)=O. The molecule has 1 unspecified atom stereocenters. The Morgan fingerprint density at radius 3 is 2.33 bits per heavy atom. The maximum atomic E-state index is 10.8. The van der Waals surface area contributed by atoms with Gasteiger partial charge in [0.25, 0.3) is 0 Å². The van der Waals surface area contributed by atoms with E-state index in [1.807, 2.05) is 0 Å². The van der Waals surface area contributed by atoms with Crippen LogP contribution in [-0.2, 0) is 24.2 Å². The average molecular weight is 194 g/mol. The highest BCUT2D eigenvalue weighted by atomic mass is 32.2. The fourth-order valence-electron chi connectivity index (χ4n) is 0.556. The molecule has 0 aliphatic heterocycles. The maximum absolute atomic E-state index is 10.8. The Bertz CT molecular complexity index is 266. The monoisotopic (exact) mass is 194 g/mol. The van der Waals surface area contributed by atoms with Gasteiger partial charge >= 0.3 is 5.97 Å². The van der Waals surface area contributed by atoms with E-state index in [2.05, 4.69) is 4.74 Å². The Morgan fingerprint density at radius 2 is 2.08 bits per heavy atom. The molecule has 0 saturated heterocycles. The number of aldehydes is 1. The lowest BCUT2D eigenvalue weighted by atomic mass is 10.5. The second-order valence-electron chi connectivity index (χ2n) is 2.14. The van der Waals surface area contributed by atoms with Gasteiger partial charge in [0.1, 0.15) is 6.29 Å². The summed E-state index contributed by atoms with van der Waals surface area (Å²) in [5.74, 6) is -1.02. The third kappa shape index (κ3) is 3.00. The van der Waals surface area contributed by atoms with Gasteiger partial charge < -0.3 is 9.53 Å². The molecule has 6 heteroatoms. The minimum Gasteiger partial charge on any atom is -0.465 e. The molecule has 0 fully saturated rings. The number of esters is 1. The lowest BCUT2D eigenvalue weighted by Crippen LogP contribution is -2.32. The fraction of sp³-hybridized carbons (Fsp3) is 0.667. The summed E-state index contributed by atoms with van der Waals surface area (Å²) in [4.78, 5) is 21.0. The fourth-order valence-corrected chi connectivity index (χ4v) is 1.18. The highest BCUT2D eigenvalue weighted by molar-refractivity contribution is 7.92. The van der Waals surface area contributed by atoms with Crippen LogP contribution in [0.5, 0.6) is 0 Å². The zero-order valence-corrected chi connectivity index (χ0v) is 7.63. The minimum absolute atomic E-state index is 0.0543. The van der Waals surface area contributed by atoms with Crippen molar-refractivity contribution in [2.75, 3.05) is 12.9 Å². The molecule has 12 heavy (non-hydrogen) atoms. The standard InChI is InChI=1S/C6H10O5S/c1-3-11-6(8)5(4-7)12(2,9)10/h4-5H,3H2,1-2H3. The third-order valence-corrected chi connectivity index (χ3v) is 2.33. The van der Waals surface area contributed by atoms with Gasteiger partial charge in [-0.15, -0.1) is 0 Å². The molecule has 0 bridgehead atoms. The highest BCUT2D eigenvalue weighted by Gasteiger charge is 2.29. The van der Waals surface area contributed by atoms with Crippen LogP contribution in [0.25, 0.3) is 0 Å². The quantitative estimate of drug-likeness (QED) is 0.331. The lowest BCUT2D eigenvalue weighted by molar-refractivity contribution is -0.143. The summed E-state index contributed by atoms with van der Waals surface area (Å²) in [6, 6.07) is 0. The van der Waals surface area contributed by atoms with Crippen molar-refractivity contribution in [2.24, 2.45) is 0 Å². The van der Waals surface area contributed by atoms with Gasteiger partial charge in [-0.1, -0.05) is 0 Å². The predicted molar refractivity (Wildman–Crippen MR) is 41.3 cm³/mol. The van der Waals surface area contributed by atoms with Gasteiger partial charge in [0, 0.05) is 6.26 Å². The van der Waals surface area contributed by atoms with Gasteiger partial charge in [-0.3, -0.25) is 4.79 Å². The number of hydrogen-bond acceptors (Lipinski definition) is 5. The summed E-state index contributed by atoms with van der Waals surface area (Å²) in [5, 5.41) is -1.68. The molecule has 0 N–H and O–H groups in total. The van der Waals surface area contributed by atoms with Gasteiger partial charge in [0.15, 0.2) is 9.84 Å². The Balaban J connectivity index is 4.58. The van der Waals surface area contributed by atoms with Crippen molar-refractivity contribution in [3.8, 4) is 0 Å². The van der Waals surface area contributed by atoms with E-state index in [4.69, 9.17) is 0 Å². The summed E-state index contributed by atoms with van der Waals surface area (Å²) in [5.41, 5.74) is 0. The second-order valence-corrected chi connectivity index (χ2v) is 4.31. The smallest absolute Gasteiger partial charge is 0.331 e. The van der Waals surface area contributed by atoms with E-state index in [0.717, 1.165) is 6.26 Å². The van der Waals surface area contributed by atoms with Crippen molar-refractivity contribution in [1.29, 1.82) is 0 Å². The van der Waals surface area contributed by atoms with E-state index >= 15 is 0 Å². The van der Waals surface area contributed by atoms with Crippen molar-refractivity contribution in [3.05, 3.63) is 0 Å². The van der Waals surface area contributed by atoms with Crippen molar-refractivity contribution in [1.82, 2.24) is 0 Å².